The molecule has 0 fully saturated rings. The quantitative estimate of drug-likeness (QED) is 0.320. The molecular formula is C19H15ClF2N4O3S. The number of pyridine rings is 1. The monoisotopic (exact) mass is 452 g/mol. The molecule has 0 spiro atoms. The molecule has 1 amide bonds. The Labute approximate surface area is 178 Å². The predicted molar refractivity (Wildman–Crippen MR) is 108 cm³/mol. The molecule has 1 aromatic carbocycles. The Hall–Kier alpha value is -2.98. The van der Waals surface area contributed by atoms with Crippen LogP contribution >= 0.6 is 23.4 Å². The van der Waals surface area contributed by atoms with Crippen LogP contribution in [-0.4, -0.2) is 26.4 Å². The number of nitrogens with zero attached hydrogens (tertiary/aromatic N) is 3. The van der Waals surface area contributed by atoms with Crippen LogP contribution in [0, 0.1) is 11.6 Å². The minimum absolute atomic E-state index is 0.000563. The number of hydrogen-bond acceptors (Lipinski definition) is 6. The lowest BCUT2D eigenvalue weighted by atomic mass is 10.2. The lowest BCUT2D eigenvalue weighted by Gasteiger charge is -2.08. The van der Waals surface area contributed by atoms with Crippen molar-refractivity contribution in [2.45, 2.75) is 18.1 Å². The average molecular weight is 453 g/mol. The van der Waals surface area contributed by atoms with Crippen molar-refractivity contribution in [2.24, 2.45) is 0 Å². The third-order valence-electron chi connectivity index (χ3n) is 3.84. The summed E-state index contributed by atoms with van der Waals surface area (Å²) in [5, 5.41) is 6.67. The number of halogens is 3. The summed E-state index contributed by atoms with van der Waals surface area (Å²) in [5.74, 6) is -2.77. The van der Waals surface area contributed by atoms with Crippen LogP contribution in [0.4, 0.5) is 8.78 Å². The molecule has 1 N–H and O–H groups in total. The fourth-order valence-electron chi connectivity index (χ4n) is 2.43. The van der Waals surface area contributed by atoms with E-state index in [1.54, 1.807) is 24.4 Å². The van der Waals surface area contributed by atoms with E-state index >= 15 is 0 Å². The number of nitrogens with one attached hydrogen (secondary N) is 1. The van der Waals surface area contributed by atoms with Crippen molar-refractivity contribution in [1.29, 1.82) is 0 Å². The largest absolute Gasteiger partial charge is 0.437 e. The number of carbonyl (C=O) groups is 1. The van der Waals surface area contributed by atoms with E-state index in [2.05, 4.69) is 22.0 Å². The second-order valence-electron chi connectivity index (χ2n) is 5.89. The minimum atomic E-state index is -0.959. The van der Waals surface area contributed by atoms with E-state index in [0.29, 0.717) is 16.3 Å². The molecule has 0 saturated heterocycles. The van der Waals surface area contributed by atoms with Crippen molar-refractivity contribution < 1.29 is 18.0 Å². The highest BCUT2D eigenvalue weighted by molar-refractivity contribution is 7.99. The number of amides is 1. The first-order valence-corrected chi connectivity index (χ1v) is 9.93. The predicted octanol–water partition coefficient (Wildman–Crippen LogP) is 3.42. The van der Waals surface area contributed by atoms with Crippen LogP contribution in [0.5, 0.6) is 0 Å². The van der Waals surface area contributed by atoms with Crippen LogP contribution in [0.3, 0.4) is 0 Å². The van der Waals surface area contributed by atoms with Crippen molar-refractivity contribution in [3.8, 4) is 11.5 Å². The maximum Gasteiger partial charge on any atom is 0.437 e. The van der Waals surface area contributed by atoms with E-state index in [-0.39, 0.29) is 16.5 Å². The van der Waals surface area contributed by atoms with Gasteiger partial charge in [-0.2, -0.15) is 4.68 Å². The van der Waals surface area contributed by atoms with Gasteiger partial charge in [0.2, 0.25) is 5.91 Å². The normalized spacial score (nSPS) is 10.8. The van der Waals surface area contributed by atoms with E-state index in [4.69, 9.17) is 16.0 Å². The van der Waals surface area contributed by atoms with E-state index < -0.39 is 36.4 Å². The van der Waals surface area contributed by atoms with Crippen molar-refractivity contribution in [2.75, 3.05) is 5.75 Å². The number of thioether (sulfide) groups is 1. The molecule has 0 aliphatic rings. The van der Waals surface area contributed by atoms with Crippen LogP contribution in [0.1, 0.15) is 5.56 Å². The molecule has 0 atom stereocenters. The van der Waals surface area contributed by atoms with Gasteiger partial charge in [0.05, 0.1) is 10.6 Å². The fourth-order valence-corrected chi connectivity index (χ4v) is 3.33. The summed E-state index contributed by atoms with van der Waals surface area (Å²) in [6, 6.07) is 5.41. The van der Waals surface area contributed by atoms with Gasteiger partial charge in [0.15, 0.2) is 0 Å². The van der Waals surface area contributed by atoms with Crippen LogP contribution in [-0.2, 0) is 17.9 Å². The summed E-state index contributed by atoms with van der Waals surface area (Å²) in [4.78, 5) is 28.4. The van der Waals surface area contributed by atoms with Crippen LogP contribution in [0.15, 0.2) is 57.4 Å². The maximum atomic E-state index is 13.9. The van der Waals surface area contributed by atoms with Gasteiger partial charge in [-0.3, -0.25) is 4.79 Å². The third kappa shape index (κ3) is 4.95. The van der Waals surface area contributed by atoms with Crippen LogP contribution in [0.2, 0.25) is 5.02 Å². The second kappa shape index (κ2) is 9.68. The molecule has 11 heteroatoms. The molecule has 2 heterocycles. The zero-order chi connectivity index (χ0) is 21.7. The van der Waals surface area contributed by atoms with Gasteiger partial charge in [0, 0.05) is 24.1 Å². The Bertz CT molecular complexity index is 1150. The minimum Gasteiger partial charge on any atom is -0.387 e. The first kappa shape index (κ1) is 21.7. The molecular weight excluding hydrogens is 438 g/mol. The molecule has 0 aliphatic heterocycles. The first-order chi connectivity index (χ1) is 14.4. The zero-order valence-electron chi connectivity index (χ0n) is 15.4. The molecule has 0 unspecified atom stereocenters. The SMILES string of the molecule is C=CCSc1ncccc1-c1nn(CC(=O)NCc2c(F)ccc(Cl)c2F)c(=O)o1. The van der Waals surface area contributed by atoms with Gasteiger partial charge in [-0.1, -0.05) is 17.7 Å². The average Bonchev–Trinajstić information content (AvgIpc) is 3.09. The topological polar surface area (TPSA) is 90.0 Å². The van der Waals surface area contributed by atoms with E-state index in [0.717, 1.165) is 16.8 Å². The third-order valence-corrected chi connectivity index (χ3v) is 5.13. The molecule has 156 valence electrons. The number of carbonyl (C=O) groups excluding carboxylic acids is 1. The standard InChI is InChI=1S/C19H15ClF2N4O3S/c1-2-8-30-18-11(4-3-7-23-18)17-25-26(19(28)29-17)10-15(27)24-9-12-14(21)6-5-13(20)16(12)22/h2-7H,1,8-10H2,(H,24,27). The lowest BCUT2D eigenvalue weighted by molar-refractivity contribution is -0.122. The summed E-state index contributed by atoms with van der Waals surface area (Å²) in [5.41, 5.74) is 0.104. The molecule has 3 aromatic rings. The number of benzene rings is 1. The molecule has 0 saturated carbocycles. The molecule has 0 aliphatic carbocycles. The highest BCUT2D eigenvalue weighted by Gasteiger charge is 2.18. The Morgan fingerprint density at radius 2 is 2.17 bits per heavy atom. The Balaban J connectivity index is 1.73. The first-order valence-electron chi connectivity index (χ1n) is 8.56. The maximum absolute atomic E-state index is 13.9. The van der Waals surface area contributed by atoms with Crippen molar-refractivity contribution in [3.05, 3.63) is 75.9 Å². The summed E-state index contributed by atoms with van der Waals surface area (Å²) in [6.45, 7) is 2.70. The number of aromatic nitrogens is 3. The summed E-state index contributed by atoms with van der Waals surface area (Å²) in [6.07, 6.45) is 3.29. The van der Waals surface area contributed by atoms with Gasteiger partial charge in [-0.15, -0.1) is 23.4 Å². The van der Waals surface area contributed by atoms with E-state index in [1.807, 2.05) is 0 Å². The number of rotatable bonds is 8. The highest BCUT2D eigenvalue weighted by Crippen LogP contribution is 2.27. The lowest BCUT2D eigenvalue weighted by Crippen LogP contribution is -2.31. The second-order valence-corrected chi connectivity index (χ2v) is 7.30. The van der Waals surface area contributed by atoms with Crippen molar-refractivity contribution in [1.82, 2.24) is 20.1 Å². The van der Waals surface area contributed by atoms with Crippen LogP contribution in [0.25, 0.3) is 11.5 Å². The summed E-state index contributed by atoms with van der Waals surface area (Å²) in [7, 11) is 0. The van der Waals surface area contributed by atoms with E-state index in [9.17, 15) is 18.4 Å². The summed E-state index contributed by atoms with van der Waals surface area (Å²) < 4.78 is 33.6. The van der Waals surface area contributed by atoms with Gasteiger partial charge < -0.3 is 9.73 Å². The Morgan fingerprint density at radius 1 is 1.37 bits per heavy atom. The van der Waals surface area contributed by atoms with Gasteiger partial charge in [-0.25, -0.2) is 18.6 Å². The molecule has 2 aromatic heterocycles. The highest BCUT2D eigenvalue weighted by atomic mass is 35.5. The fraction of sp³-hybridized carbons (Fsp3) is 0.158. The van der Waals surface area contributed by atoms with Gasteiger partial charge in [-0.05, 0) is 24.3 Å². The van der Waals surface area contributed by atoms with Gasteiger partial charge in [0.1, 0.15) is 23.2 Å². The molecule has 7 nitrogen and oxygen atoms in total. The van der Waals surface area contributed by atoms with Crippen LogP contribution < -0.4 is 11.1 Å². The number of hydrogen-bond donors (Lipinski definition) is 1. The Morgan fingerprint density at radius 3 is 2.93 bits per heavy atom. The van der Waals surface area contributed by atoms with Crippen molar-refractivity contribution >= 4 is 29.3 Å². The summed E-state index contributed by atoms with van der Waals surface area (Å²) >= 11 is 7.00. The zero-order valence-corrected chi connectivity index (χ0v) is 17.0. The Kier molecular flexibility index (Phi) is 7.01. The molecule has 0 bridgehead atoms. The van der Waals surface area contributed by atoms with Gasteiger partial charge >= 0.3 is 5.76 Å². The smallest absolute Gasteiger partial charge is 0.387 e. The molecule has 3 rings (SSSR count). The van der Waals surface area contributed by atoms with Gasteiger partial charge in [0.25, 0.3) is 5.89 Å². The van der Waals surface area contributed by atoms with Crippen molar-refractivity contribution in [3.63, 3.8) is 0 Å². The molecule has 30 heavy (non-hydrogen) atoms. The van der Waals surface area contributed by atoms with E-state index in [1.165, 1.54) is 11.8 Å². The molecule has 0 radical (unpaired) electrons.